The molecule has 0 radical (unpaired) electrons. The van der Waals surface area contributed by atoms with Gasteiger partial charge in [0.1, 0.15) is 5.82 Å². The number of methoxy groups -OCH3 is 1. The van der Waals surface area contributed by atoms with Crippen LogP contribution in [0.2, 0.25) is 0 Å². The fraction of sp³-hybridized carbons (Fsp3) is 0.280. The Balaban J connectivity index is 1.25. The van der Waals surface area contributed by atoms with Gasteiger partial charge in [-0.25, -0.2) is 9.78 Å². The highest BCUT2D eigenvalue weighted by Crippen LogP contribution is 2.29. The van der Waals surface area contributed by atoms with Gasteiger partial charge >= 0.3 is 5.97 Å². The molecule has 1 aliphatic heterocycles. The molecule has 5 rings (SSSR count). The minimum absolute atomic E-state index is 0.0467. The number of benzene rings is 2. The third-order valence-corrected chi connectivity index (χ3v) is 7.99. The Bertz CT molecular complexity index is 1500. The van der Waals surface area contributed by atoms with Crippen LogP contribution in [0.4, 0.5) is 5.13 Å². The lowest BCUT2D eigenvalue weighted by Crippen LogP contribution is -2.24. The molecule has 11 heteroatoms. The first-order chi connectivity index (χ1) is 17.5. The molecular weight excluding hydrogens is 498 g/mol. The molecule has 1 aliphatic rings. The van der Waals surface area contributed by atoms with Crippen LogP contribution >= 0.6 is 23.1 Å². The van der Waals surface area contributed by atoms with Crippen LogP contribution in [0.25, 0.3) is 10.9 Å². The molecule has 3 heterocycles. The number of aromatic nitrogens is 4. The first-order valence-electron chi connectivity index (χ1n) is 11.5. The molecule has 2 aromatic carbocycles. The minimum Gasteiger partial charge on any atom is -0.465 e. The van der Waals surface area contributed by atoms with Crippen molar-refractivity contribution in [2.45, 2.75) is 42.3 Å². The number of ether oxygens (including phenoxy) is 1. The van der Waals surface area contributed by atoms with Gasteiger partial charge in [0, 0.05) is 24.3 Å². The summed E-state index contributed by atoms with van der Waals surface area (Å²) in [6.45, 7) is 0.690. The van der Waals surface area contributed by atoms with E-state index in [1.807, 2.05) is 12.1 Å². The second kappa shape index (κ2) is 10.6. The van der Waals surface area contributed by atoms with Crippen molar-refractivity contribution in [3.63, 3.8) is 0 Å². The van der Waals surface area contributed by atoms with Gasteiger partial charge in [0.25, 0.3) is 11.5 Å². The van der Waals surface area contributed by atoms with Crippen LogP contribution < -0.4 is 10.9 Å². The first kappa shape index (κ1) is 24.1. The fourth-order valence-electron chi connectivity index (χ4n) is 4.05. The van der Waals surface area contributed by atoms with Crippen molar-refractivity contribution < 1.29 is 14.3 Å². The summed E-state index contributed by atoms with van der Waals surface area (Å²) in [5.74, 6) is 0.719. The zero-order chi connectivity index (χ0) is 25.1. The van der Waals surface area contributed by atoms with E-state index >= 15 is 0 Å². The number of aryl methyl sites for hydroxylation is 1. The number of rotatable bonds is 6. The minimum atomic E-state index is -0.372. The maximum absolute atomic E-state index is 12.9. The summed E-state index contributed by atoms with van der Waals surface area (Å²) in [4.78, 5) is 42.0. The largest absolute Gasteiger partial charge is 0.465 e. The molecule has 0 spiro atoms. The maximum Gasteiger partial charge on any atom is 0.337 e. The highest BCUT2D eigenvalue weighted by Gasteiger charge is 2.16. The molecule has 9 nitrogen and oxygen atoms in total. The number of thioether (sulfide) groups is 1. The molecule has 4 aromatic rings. The third kappa shape index (κ3) is 5.17. The smallest absolute Gasteiger partial charge is 0.337 e. The molecular formula is C25H23N5O4S2. The average Bonchev–Trinajstić information content (AvgIpc) is 3.21. The van der Waals surface area contributed by atoms with Gasteiger partial charge in [0.2, 0.25) is 5.13 Å². The summed E-state index contributed by atoms with van der Waals surface area (Å²) in [5, 5.41) is 11.9. The lowest BCUT2D eigenvalue weighted by Gasteiger charge is -2.10. The standard InChI is InChI=1S/C25H23N5O4S2/c1-34-23(33)16-8-6-15(7-9-16)14-35-25-29-28-24(36-25)27-21(31)17-10-11-18-19(13-17)26-20-5-3-2-4-12-30(20)22(18)32/h6-11,13H,2-5,12,14H2,1H3,(H,27,28,31). The number of nitrogens with zero attached hydrogens (tertiary/aromatic N) is 4. The van der Waals surface area contributed by atoms with Crippen LogP contribution in [0.3, 0.4) is 0 Å². The summed E-state index contributed by atoms with van der Waals surface area (Å²) in [5.41, 5.74) is 2.41. The maximum atomic E-state index is 12.9. The van der Waals surface area contributed by atoms with Gasteiger partial charge in [-0.15, -0.1) is 10.2 Å². The summed E-state index contributed by atoms with van der Waals surface area (Å²) in [6, 6.07) is 12.1. The van der Waals surface area contributed by atoms with Crippen molar-refractivity contribution in [2.75, 3.05) is 12.4 Å². The molecule has 184 valence electrons. The Morgan fingerprint density at radius 2 is 1.89 bits per heavy atom. The second-order valence-electron chi connectivity index (χ2n) is 8.33. The lowest BCUT2D eigenvalue weighted by molar-refractivity contribution is 0.0600. The van der Waals surface area contributed by atoms with Gasteiger partial charge < -0.3 is 4.74 Å². The highest BCUT2D eigenvalue weighted by atomic mass is 32.2. The molecule has 0 fully saturated rings. The number of carbonyl (C=O) groups excluding carboxylic acids is 2. The number of hydrogen-bond donors (Lipinski definition) is 1. The van der Waals surface area contributed by atoms with E-state index in [2.05, 4.69) is 15.5 Å². The molecule has 0 bridgehead atoms. The molecule has 1 amide bonds. The normalized spacial score (nSPS) is 13.1. The van der Waals surface area contributed by atoms with Gasteiger partial charge in [-0.3, -0.25) is 19.5 Å². The zero-order valence-electron chi connectivity index (χ0n) is 19.5. The van der Waals surface area contributed by atoms with Gasteiger partial charge in [-0.1, -0.05) is 41.7 Å². The Kier molecular flexibility index (Phi) is 7.10. The molecule has 2 aromatic heterocycles. The lowest BCUT2D eigenvalue weighted by atomic mass is 10.1. The van der Waals surface area contributed by atoms with Crippen LogP contribution in [0, 0.1) is 0 Å². The predicted octanol–water partition coefficient (Wildman–Crippen LogP) is 4.31. The van der Waals surface area contributed by atoms with E-state index in [-0.39, 0.29) is 17.4 Å². The third-order valence-electron chi connectivity index (χ3n) is 5.94. The zero-order valence-corrected chi connectivity index (χ0v) is 21.2. The molecule has 0 aliphatic carbocycles. The van der Waals surface area contributed by atoms with Gasteiger partial charge in [-0.05, 0) is 48.7 Å². The molecule has 0 saturated carbocycles. The topological polar surface area (TPSA) is 116 Å². The number of hydrogen-bond acceptors (Lipinski definition) is 9. The first-order valence-corrected chi connectivity index (χ1v) is 13.3. The molecule has 1 N–H and O–H groups in total. The number of anilines is 1. The van der Waals surface area contributed by atoms with Crippen LogP contribution in [-0.4, -0.2) is 38.7 Å². The van der Waals surface area contributed by atoms with Crippen LogP contribution in [0.1, 0.15) is 51.4 Å². The van der Waals surface area contributed by atoms with E-state index in [0.717, 1.165) is 37.1 Å². The Labute approximate surface area is 214 Å². The average molecular weight is 522 g/mol. The Morgan fingerprint density at radius 1 is 1.08 bits per heavy atom. The van der Waals surface area contributed by atoms with Crippen molar-refractivity contribution in [3.8, 4) is 0 Å². The van der Waals surface area contributed by atoms with Gasteiger partial charge in [0.15, 0.2) is 4.34 Å². The summed E-state index contributed by atoms with van der Waals surface area (Å²) < 4.78 is 7.18. The number of carbonyl (C=O) groups is 2. The van der Waals surface area contributed by atoms with Gasteiger partial charge in [0.05, 0.1) is 23.6 Å². The summed E-state index contributed by atoms with van der Waals surface area (Å²) in [6.07, 6.45) is 3.83. The van der Waals surface area contributed by atoms with Crippen molar-refractivity contribution >= 4 is 51.0 Å². The van der Waals surface area contributed by atoms with E-state index in [1.165, 1.54) is 30.2 Å². The van der Waals surface area contributed by atoms with E-state index in [0.29, 0.717) is 43.8 Å². The molecule has 0 saturated heterocycles. The van der Waals surface area contributed by atoms with Crippen molar-refractivity contribution in [3.05, 3.63) is 75.3 Å². The number of esters is 1. The molecule has 36 heavy (non-hydrogen) atoms. The number of amides is 1. The van der Waals surface area contributed by atoms with Crippen molar-refractivity contribution in [2.24, 2.45) is 0 Å². The fourth-order valence-corrected chi connectivity index (χ4v) is 5.75. The van der Waals surface area contributed by atoms with E-state index in [9.17, 15) is 14.4 Å². The summed E-state index contributed by atoms with van der Waals surface area (Å²) >= 11 is 2.77. The van der Waals surface area contributed by atoms with Gasteiger partial charge in [-0.2, -0.15) is 0 Å². The number of fused-ring (bicyclic) bond motifs is 2. The van der Waals surface area contributed by atoms with Crippen LogP contribution in [0.5, 0.6) is 0 Å². The second-order valence-corrected chi connectivity index (χ2v) is 10.5. The predicted molar refractivity (Wildman–Crippen MR) is 139 cm³/mol. The quantitative estimate of drug-likeness (QED) is 0.227. The molecule has 0 unspecified atom stereocenters. The van der Waals surface area contributed by atoms with E-state index in [4.69, 9.17) is 9.72 Å². The molecule has 0 atom stereocenters. The van der Waals surface area contributed by atoms with E-state index in [1.54, 1.807) is 34.9 Å². The van der Waals surface area contributed by atoms with Crippen molar-refractivity contribution in [1.29, 1.82) is 0 Å². The number of nitrogens with one attached hydrogen (secondary N) is 1. The SMILES string of the molecule is COC(=O)c1ccc(CSc2nnc(NC(=O)c3ccc4c(=O)n5c(nc4c3)CCCCC5)s2)cc1. The highest BCUT2D eigenvalue weighted by molar-refractivity contribution is 8.00. The Morgan fingerprint density at radius 3 is 2.69 bits per heavy atom. The van der Waals surface area contributed by atoms with E-state index < -0.39 is 0 Å². The summed E-state index contributed by atoms with van der Waals surface area (Å²) in [7, 11) is 1.35. The Hall–Kier alpha value is -3.57. The monoisotopic (exact) mass is 521 g/mol. The van der Waals surface area contributed by atoms with Crippen molar-refractivity contribution in [1.82, 2.24) is 19.7 Å². The van der Waals surface area contributed by atoms with Crippen LogP contribution in [0.15, 0.2) is 51.6 Å². The van der Waals surface area contributed by atoms with Crippen LogP contribution in [-0.2, 0) is 23.5 Å².